The number of fused-ring (bicyclic) bond motifs is 9. The Morgan fingerprint density at radius 3 is 1.54 bits per heavy atom. The fourth-order valence-corrected chi connectivity index (χ4v) is 9.93. The van der Waals surface area contributed by atoms with Gasteiger partial charge in [-0.3, -0.25) is 0 Å². The molecule has 0 bridgehead atoms. The van der Waals surface area contributed by atoms with Crippen molar-refractivity contribution in [3.63, 3.8) is 0 Å². The molecule has 0 saturated carbocycles. The van der Waals surface area contributed by atoms with E-state index in [-0.39, 0.29) is 0 Å². The van der Waals surface area contributed by atoms with Crippen LogP contribution >= 0.6 is 0 Å². The van der Waals surface area contributed by atoms with Gasteiger partial charge in [0.05, 0.1) is 16.7 Å². The first-order valence-electron chi connectivity index (χ1n) is 21.4. The van der Waals surface area contributed by atoms with Crippen LogP contribution in [-0.2, 0) is 0 Å². The lowest BCUT2D eigenvalue weighted by molar-refractivity contribution is 1.08. The highest BCUT2D eigenvalue weighted by atomic mass is 15.0. The number of benzene rings is 11. The number of nitrogens with zero attached hydrogens (tertiary/aromatic N) is 4. The maximum Gasteiger partial charge on any atom is 0.165 e. The van der Waals surface area contributed by atoms with Crippen LogP contribution in [0.3, 0.4) is 0 Å². The zero-order valence-corrected chi connectivity index (χ0v) is 34.1. The van der Waals surface area contributed by atoms with Gasteiger partial charge in [-0.1, -0.05) is 194 Å². The van der Waals surface area contributed by atoms with E-state index in [0.717, 1.165) is 71.5 Å². The van der Waals surface area contributed by atoms with Crippen molar-refractivity contribution >= 4 is 75.7 Å². The molecule has 2 heterocycles. The zero-order valence-electron chi connectivity index (χ0n) is 34.1. The summed E-state index contributed by atoms with van der Waals surface area (Å²) in [6.07, 6.45) is 0. The zero-order chi connectivity index (χ0) is 41.4. The van der Waals surface area contributed by atoms with E-state index in [1.165, 1.54) is 37.7 Å². The van der Waals surface area contributed by atoms with Crippen LogP contribution in [-0.4, -0.2) is 19.5 Å². The Kier molecular flexibility index (Phi) is 7.87. The van der Waals surface area contributed by atoms with Crippen LogP contribution in [0.1, 0.15) is 0 Å². The molecule has 0 unspecified atom stereocenters. The minimum Gasteiger partial charge on any atom is -0.309 e. The first kappa shape index (κ1) is 35.3. The smallest absolute Gasteiger partial charge is 0.165 e. The predicted octanol–water partition coefficient (Wildman–Crippen LogP) is 15.4. The van der Waals surface area contributed by atoms with Gasteiger partial charge in [0.25, 0.3) is 0 Å². The lowest BCUT2D eigenvalue weighted by Gasteiger charge is -2.20. The fraction of sp³-hybridized carbons (Fsp3) is 0. The third-order valence-electron chi connectivity index (χ3n) is 12.8. The third-order valence-corrected chi connectivity index (χ3v) is 12.8. The van der Waals surface area contributed by atoms with Crippen LogP contribution in [0.25, 0.3) is 127 Å². The lowest BCUT2D eigenvalue weighted by atomic mass is 9.89. The summed E-state index contributed by atoms with van der Waals surface area (Å²) in [5.74, 6) is 1.88. The van der Waals surface area contributed by atoms with Crippen LogP contribution in [0.15, 0.2) is 218 Å². The molecule has 4 heteroatoms. The van der Waals surface area contributed by atoms with Crippen molar-refractivity contribution in [3.05, 3.63) is 218 Å². The Bertz CT molecular complexity index is 3970. The van der Waals surface area contributed by atoms with Gasteiger partial charge in [-0.05, 0) is 83.9 Å². The second kappa shape index (κ2) is 14.1. The van der Waals surface area contributed by atoms with E-state index in [9.17, 15) is 0 Å². The lowest BCUT2D eigenvalue weighted by Crippen LogP contribution is -2.04. The Morgan fingerprint density at radius 1 is 0.286 bits per heavy atom. The highest BCUT2D eigenvalue weighted by Crippen LogP contribution is 2.46. The van der Waals surface area contributed by atoms with Gasteiger partial charge in [0.2, 0.25) is 0 Å². The number of hydrogen-bond acceptors (Lipinski definition) is 3. The molecule has 0 saturated heterocycles. The molecule has 0 spiro atoms. The van der Waals surface area contributed by atoms with Gasteiger partial charge >= 0.3 is 0 Å². The van der Waals surface area contributed by atoms with Gasteiger partial charge < -0.3 is 4.57 Å². The molecule has 11 aromatic carbocycles. The van der Waals surface area contributed by atoms with Crippen molar-refractivity contribution in [3.8, 4) is 51.0 Å². The second-order valence-corrected chi connectivity index (χ2v) is 16.3. The molecule has 0 N–H and O–H groups in total. The van der Waals surface area contributed by atoms with Gasteiger partial charge in [-0.2, -0.15) is 0 Å². The second-order valence-electron chi connectivity index (χ2n) is 16.3. The van der Waals surface area contributed by atoms with E-state index in [4.69, 9.17) is 15.0 Å². The normalized spacial score (nSPS) is 11.8. The largest absolute Gasteiger partial charge is 0.309 e. The Balaban J connectivity index is 1.20. The summed E-state index contributed by atoms with van der Waals surface area (Å²) < 4.78 is 2.49. The summed E-state index contributed by atoms with van der Waals surface area (Å²) in [6, 6.07) is 78.3. The molecular weight excluding hydrogens is 765 g/mol. The van der Waals surface area contributed by atoms with Gasteiger partial charge in [0, 0.05) is 32.8 Å². The molecule has 63 heavy (non-hydrogen) atoms. The van der Waals surface area contributed by atoms with Crippen molar-refractivity contribution < 1.29 is 0 Å². The van der Waals surface area contributed by atoms with Crippen molar-refractivity contribution in [2.45, 2.75) is 0 Å². The summed E-state index contributed by atoms with van der Waals surface area (Å²) in [5.41, 5.74) is 8.42. The van der Waals surface area contributed by atoms with Crippen molar-refractivity contribution in [2.75, 3.05) is 0 Å². The fourth-order valence-electron chi connectivity index (χ4n) is 9.93. The maximum absolute atomic E-state index is 5.50. The molecule has 13 aromatic rings. The molecule has 0 aliphatic heterocycles. The average molecular weight is 801 g/mol. The molecule has 13 rings (SSSR count). The number of aromatic nitrogens is 4. The third kappa shape index (κ3) is 5.59. The molecule has 292 valence electrons. The minimum absolute atomic E-state index is 0.622. The van der Waals surface area contributed by atoms with Crippen molar-refractivity contribution in [2.24, 2.45) is 0 Å². The molecule has 2 aromatic heterocycles. The standard InChI is InChI=1S/C59H36N4/c1-2-19-40(20-3-1)57-60-58(49-31-15-24-38-17-7-10-26-44(38)49)62-59(61-57)56-48-29-13-12-28-47(48)54(36-50(56)46-30-14-23-37-16-6-9-25-43(37)46)63-52-33-32-39-18-8-11-27-45(39)55(52)51-34-41-21-4-5-22-42(41)35-53(51)63/h1-36H. The summed E-state index contributed by atoms with van der Waals surface area (Å²) in [5, 5.41) is 14.1. The maximum atomic E-state index is 5.50. The Morgan fingerprint density at radius 2 is 0.810 bits per heavy atom. The molecule has 0 aliphatic rings. The van der Waals surface area contributed by atoms with Crippen LogP contribution in [0, 0.1) is 0 Å². The predicted molar refractivity (Wildman–Crippen MR) is 263 cm³/mol. The molecule has 0 aliphatic carbocycles. The van der Waals surface area contributed by atoms with Crippen molar-refractivity contribution in [1.29, 1.82) is 0 Å². The first-order chi connectivity index (χ1) is 31.2. The van der Waals surface area contributed by atoms with E-state index in [1.54, 1.807) is 0 Å². The van der Waals surface area contributed by atoms with E-state index in [2.05, 4.69) is 205 Å². The quantitative estimate of drug-likeness (QED) is 0.174. The average Bonchev–Trinajstić information content (AvgIpc) is 3.68. The monoisotopic (exact) mass is 800 g/mol. The van der Waals surface area contributed by atoms with Crippen LogP contribution in [0.5, 0.6) is 0 Å². The van der Waals surface area contributed by atoms with Gasteiger partial charge in [0.1, 0.15) is 0 Å². The van der Waals surface area contributed by atoms with E-state index >= 15 is 0 Å². The summed E-state index contributed by atoms with van der Waals surface area (Å²) in [6.45, 7) is 0. The molecule has 0 fully saturated rings. The van der Waals surface area contributed by atoms with Gasteiger partial charge in [0.15, 0.2) is 17.5 Å². The molecule has 4 nitrogen and oxygen atoms in total. The van der Waals surface area contributed by atoms with Crippen LogP contribution in [0.4, 0.5) is 0 Å². The highest BCUT2D eigenvalue weighted by molar-refractivity contribution is 6.24. The van der Waals surface area contributed by atoms with Crippen LogP contribution in [0.2, 0.25) is 0 Å². The number of hydrogen-bond donors (Lipinski definition) is 0. The van der Waals surface area contributed by atoms with E-state index in [0.29, 0.717) is 17.5 Å². The Hall–Kier alpha value is -8.47. The topological polar surface area (TPSA) is 43.6 Å². The van der Waals surface area contributed by atoms with Crippen LogP contribution < -0.4 is 0 Å². The number of rotatable bonds is 5. The highest BCUT2D eigenvalue weighted by Gasteiger charge is 2.25. The summed E-state index contributed by atoms with van der Waals surface area (Å²) in [7, 11) is 0. The minimum atomic E-state index is 0.622. The van der Waals surface area contributed by atoms with Crippen molar-refractivity contribution in [1.82, 2.24) is 19.5 Å². The van der Waals surface area contributed by atoms with Gasteiger partial charge in [-0.25, -0.2) is 15.0 Å². The SMILES string of the molecule is c1ccc(-c2nc(-c3cccc4ccccc34)nc(-c3c(-c4cccc5ccccc45)cc(-n4c5cc6ccccc6cc5c5c6ccccc6ccc54)c4ccccc34)n2)cc1. The first-order valence-corrected chi connectivity index (χ1v) is 21.4. The van der Waals surface area contributed by atoms with Gasteiger partial charge in [-0.15, -0.1) is 0 Å². The summed E-state index contributed by atoms with van der Waals surface area (Å²) in [4.78, 5) is 16.2. The molecule has 0 radical (unpaired) electrons. The Labute approximate surface area is 363 Å². The molecule has 0 atom stereocenters. The van der Waals surface area contributed by atoms with E-state index in [1.807, 2.05) is 18.2 Å². The molecule has 0 amide bonds. The summed E-state index contributed by atoms with van der Waals surface area (Å²) >= 11 is 0. The molecular formula is C59H36N4. The van der Waals surface area contributed by atoms with E-state index < -0.39 is 0 Å².